The Morgan fingerprint density at radius 2 is 1.80 bits per heavy atom. The summed E-state index contributed by atoms with van der Waals surface area (Å²) in [6.45, 7) is 1.93. The maximum absolute atomic E-state index is 14.6. The third kappa shape index (κ3) is 3.14. The summed E-state index contributed by atoms with van der Waals surface area (Å²) in [7, 11) is 0. The minimum Gasteiger partial charge on any atom is -0.389 e. The van der Waals surface area contributed by atoms with Gasteiger partial charge in [0, 0.05) is 18.7 Å². The van der Waals surface area contributed by atoms with E-state index in [1.807, 2.05) is 12.1 Å². The van der Waals surface area contributed by atoms with Crippen LogP contribution in [0.4, 0.5) is 10.1 Å². The number of nitrogens with two attached hydrogens (primary N) is 1. The van der Waals surface area contributed by atoms with Crippen molar-refractivity contribution in [2.24, 2.45) is 17.6 Å². The Balaban J connectivity index is 1.88. The van der Waals surface area contributed by atoms with Crippen LogP contribution in [0, 0.1) is 17.7 Å². The molecule has 0 bridgehead atoms. The summed E-state index contributed by atoms with van der Waals surface area (Å²) in [6, 6.07) is 3.64. The third-order valence-corrected chi connectivity index (χ3v) is 5.01. The predicted molar refractivity (Wildman–Crippen MR) is 87.6 cm³/mol. The largest absolute Gasteiger partial charge is 0.389 e. The third-order valence-electron chi connectivity index (χ3n) is 4.02. The average Bonchev–Trinajstić information content (AvgIpc) is 3.26. The van der Waals surface area contributed by atoms with E-state index in [1.54, 1.807) is 0 Å². The lowest BCUT2D eigenvalue weighted by Crippen LogP contribution is -2.29. The smallest absolute Gasteiger partial charge is 0.161 e. The average molecular weight is 357 g/mol. The van der Waals surface area contributed by atoms with Crippen LogP contribution in [0.3, 0.4) is 0 Å². The van der Waals surface area contributed by atoms with E-state index in [-0.39, 0.29) is 10.8 Å². The van der Waals surface area contributed by atoms with Crippen LogP contribution in [0.25, 0.3) is 0 Å². The molecule has 0 amide bonds. The number of thiocarbonyl (C=S) groups is 1. The number of hydrogen-bond donors (Lipinski definition) is 1. The Hall–Kier alpha value is -0.680. The van der Waals surface area contributed by atoms with E-state index < -0.39 is 0 Å². The Kier molecular flexibility index (Phi) is 4.00. The Labute approximate surface area is 132 Å². The summed E-state index contributed by atoms with van der Waals surface area (Å²) in [5, 5.41) is 0. The topological polar surface area (TPSA) is 29.3 Å². The summed E-state index contributed by atoms with van der Waals surface area (Å²) in [5.41, 5.74) is 6.86. The minimum absolute atomic E-state index is 0.221. The zero-order valence-electron chi connectivity index (χ0n) is 11.2. The van der Waals surface area contributed by atoms with Gasteiger partial charge in [0.2, 0.25) is 0 Å². The van der Waals surface area contributed by atoms with Gasteiger partial charge in [0.05, 0.1) is 10.2 Å². The van der Waals surface area contributed by atoms with Gasteiger partial charge in [-0.3, -0.25) is 0 Å². The highest BCUT2D eigenvalue weighted by Gasteiger charge is 2.31. The van der Waals surface area contributed by atoms with Crippen LogP contribution in [-0.4, -0.2) is 18.1 Å². The molecule has 2 aliphatic rings. The van der Waals surface area contributed by atoms with E-state index in [9.17, 15) is 4.39 Å². The number of rotatable bonds is 6. The highest BCUT2D eigenvalue weighted by atomic mass is 79.9. The van der Waals surface area contributed by atoms with Crippen LogP contribution in [0.1, 0.15) is 31.2 Å². The molecule has 108 valence electrons. The van der Waals surface area contributed by atoms with Crippen molar-refractivity contribution >= 4 is 38.8 Å². The second-order valence-corrected chi connectivity index (χ2v) is 7.15. The van der Waals surface area contributed by atoms with Gasteiger partial charge < -0.3 is 10.6 Å². The van der Waals surface area contributed by atoms with Gasteiger partial charge in [-0.1, -0.05) is 12.2 Å². The van der Waals surface area contributed by atoms with Gasteiger partial charge in [0.15, 0.2) is 5.82 Å². The van der Waals surface area contributed by atoms with E-state index in [1.165, 1.54) is 25.7 Å². The summed E-state index contributed by atoms with van der Waals surface area (Å²) in [5.74, 6) is 1.24. The lowest BCUT2D eigenvalue weighted by Gasteiger charge is -2.26. The molecule has 2 aliphatic carbocycles. The van der Waals surface area contributed by atoms with Crippen molar-refractivity contribution in [3.63, 3.8) is 0 Å². The molecular formula is C15H18BrFN2S. The van der Waals surface area contributed by atoms with Crippen LogP contribution < -0.4 is 10.6 Å². The number of anilines is 1. The maximum Gasteiger partial charge on any atom is 0.161 e. The van der Waals surface area contributed by atoms with Crippen molar-refractivity contribution in [3.8, 4) is 0 Å². The molecular weight excluding hydrogens is 339 g/mol. The zero-order valence-corrected chi connectivity index (χ0v) is 13.6. The second-order valence-electron chi connectivity index (χ2n) is 5.92. The molecule has 0 atom stereocenters. The van der Waals surface area contributed by atoms with E-state index in [0.717, 1.165) is 24.9 Å². The first-order valence-corrected chi connectivity index (χ1v) is 8.29. The Bertz CT molecular complexity index is 527. The van der Waals surface area contributed by atoms with Crippen molar-refractivity contribution in [2.75, 3.05) is 18.0 Å². The molecule has 0 aromatic heterocycles. The van der Waals surface area contributed by atoms with Crippen molar-refractivity contribution < 1.29 is 4.39 Å². The number of nitrogens with zero attached hydrogens (tertiary/aromatic N) is 1. The summed E-state index contributed by atoms with van der Waals surface area (Å²) < 4.78 is 15.0. The van der Waals surface area contributed by atoms with Gasteiger partial charge in [0.1, 0.15) is 4.99 Å². The van der Waals surface area contributed by atoms with Crippen molar-refractivity contribution in [1.29, 1.82) is 0 Å². The standard InChI is InChI=1S/C15H18BrFN2S/c16-13-11(15(18)20)5-6-12(14(13)17)19(7-9-1-2-9)8-10-3-4-10/h5-6,9-10H,1-4,7-8H2,(H2,18,20). The van der Waals surface area contributed by atoms with Crippen LogP contribution >= 0.6 is 28.1 Å². The van der Waals surface area contributed by atoms with Gasteiger partial charge in [-0.15, -0.1) is 0 Å². The molecule has 1 aromatic rings. The summed E-state index contributed by atoms with van der Waals surface area (Å²) in [6.07, 6.45) is 5.09. The van der Waals surface area contributed by atoms with Gasteiger partial charge in [-0.25, -0.2) is 4.39 Å². The van der Waals surface area contributed by atoms with Crippen molar-refractivity contribution in [3.05, 3.63) is 28.0 Å². The molecule has 0 aliphatic heterocycles. The fraction of sp³-hybridized carbons (Fsp3) is 0.533. The first-order valence-electron chi connectivity index (χ1n) is 7.09. The molecule has 5 heteroatoms. The molecule has 2 fully saturated rings. The Morgan fingerprint density at radius 1 is 1.25 bits per heavy atom. The zero-order chi connectivity index (χ0) is 14.3. The molecule has 0 saturated heterocycles. The van der Waals surface area contributed by atoms with Gasteiger partial charge in [-0.05, 0) is 65.6 Å². The molecule has 0 radical (unpaired) electrons. The van der Waals surface area contributed by atoms with E-state index in [0.29, 0.717) is 15.7 Å². The van der Waals surface area contributed by atoms with Crippen molar-refractivity contribution in [1.82, 2.24) is 0 Å². The molecule has 0 spiro atoms. The summed E-state index contributed by atoms with van der Waals surface area (Å²) in [4.78, 5) is 2.43. The van der Waals surface area contributed by atoms with E-state index >= 15 is 0 Å². The van der Waals surface area contributed by atoms with Crippen LogP contribution in [0.2, 0.25) is 0 Å². The lowest BCUT2D eigenvalue weighted by atomic mass is 10.1. The van der Waals surface area contributed by atoms with E-state index in [2.05, 4.69) is 20.8 Å². The molecule has 3 rings (SSSR count). The SMILES string of the molecule is NC(=S)c1ccc(N(CC2CC2)CC2CC2)c(F)c1Br. The first-order chi connectivity index (χ1) is 9.56. The molecule has 0 unspecified atom stereocenters. The van der Waals surface area contributed by atoms with Gasteiger partial charge >= 0.3 is 0 Å². The lowest BCUT2D eigenvalue weighted by molar-refractivity contribution is 0.597. The maximum atomic E-state index is 14.6. The molecule has 2 saturated carbocycles. The molecule has 2 nitrogen and oxygen atoms in total. The molecule has 0 heterocycles. The fourth-order valence-corrected chi connectivity index (χ4v) is 3.32. The highest BCUT2D eigenvalue weighted by molar-refractivity contribution is 9.10. The normalized spacial score (nSPS) is 18.1. The van der Waals surface area contributed by atoms with Crippen LogP contribution in [0.15, 0.2) is 16.6 Å². The van der Waals surface area contributed by atoms with Crippen LogP contribution in [-0.2, 0) is 0 Å². The predicted octanol–water partition coefficient (Wildman–Crippen LogP) is 3.85. The Morgan fingerprint density at radius 3 is 2.25 bits per heavy atom. The quantitative estimate of drug-likeness (QED) is 0.785. The molecule has 20 heavy (non-hydrogen) atoms. The number of hydrogen-bond acceptors (Lipinski definition) is 2. The molecule has 1 aromatic carbocycles. The fourth-order valence-electron chi connectivity index (χ4n) is 2.47. The monoisotopic (exact) mass is 356 g/mol. The van der Waals surface area contributed by atoms with E-state index in [4.69, 9.17) is 18.0 Å². The number of benzene rings is 1. The second kappa shape index (κ2) is 5.60. The highest BCUT2D eigenvalue weighted by Crippen LogP contribution is 2.38. The van der Waals surface area contributed by atoms with Gasteiger partial charge in [-0.2, -0.15) is 0 Å². The number of halogens is 2. The minimum atomic E-state index is -0.239. The molecule has 2 N–H and O–H groups in total. The van der Waals surface area contributed by atoms with Crippen LogP contribution in [0.5, 0.6) is 0 Å². The first kappa shape index (κ1) is 14.3. The van der Waals surface area contributed by atoms with Gasteiger partial charge in [0.25, 0.3) is 0 Å². The summed E-state index contributed by atoms with van der Waals surface area (Å²) >= 11 is 8.24. The van der Waals surface area contributed by atoms with Crippen molar-refractivity contribution in [2.45, 2.75) is 25.7 Å².